The van der Waals surface area contributed by atoms with Gasteiger partial charge in [-0.05, 0) is 47.0 Å². The first-order valence-corrected chi connectivity index (χ1v) is 16.7. The van der Waals surface area contributed by atoms with Crippen LogP contribution >= 0.6 is 11.6 Å². The van der Waals surface area contributed by atoms with Crippen LogP contribution in [0.15, 0.2) is 91.5 Å². The van der Waals surface area contributed by atoms with Crippen LogP contribution in [0.1, 0.15) is 55.6 Å². The predicted octanol–water partition coefficient (Wildman–Crippen LogP) is 9.46. The number of nitrogens with one attached hydrogen (secondary N) is 1. The number of nitrogens with zero attached hydrogens (tertiary/aromatic N) is 2. The van der Waals surface area contributed by atoms with Crippen LogP contribution in [0.2, 0.25) is 10.2 Å². The van der Waals surface area contributed by atoms with E-state index < -0.39 is 43.4 Å². The Labute approximate surface area is 270 Å². The third-order valence-electron chi connectivity index (χ3n) is 7.69. The van der Waals surface area contributed by atoms with Gasteiger partial charge in [-0.25, -0.2) is 9.97 Å². The number of halogens is 7. The third-order valence-corrected chi connectivity index (χ3v) is 13.0. The number of rotatable bonds is 10. The first-order chi connectivity index (χ1) is 21.5. The summed E-state index contributed by atoms with van der Waals surface area (Å²) in [5, 5.41) is 4.29. The topological polar surface area (TPSA) is 47.0 Å². The highest BCUT2D eigenvalue weighted by Gasteiger charge is 2.50. The number of benzene rings is 3. The second-order valence-corrected chi connectivity index (χ2v) is 16.6. The van der Waals surface area contributed by atoms with Gasteiger partial charge < -0.3 is 9.74 Å². The molecular weight excluding hydrogens is 644 g/mol. The predicted molar refractivity (Wildman–Crippen MR) is 173 cm³/mol. The summed E-state index contributed by atoms with van der Waals surface area (Å²) < 4.78 is 89.3. The molecule has 1 N–H and O–H groups in total. The minimum absolute atomic E-state index is 0.0200. The molecule has 0 bridgehead atoms. The number of hydrogen-bond acceptors (Lipinski definition) is 4. The highest BCUT2D eigenvalue weighted by molar-refractivity contribution is 6.99. The SMILES string of the molecule is C=CCC(CO[Si](c1ccccc1)(c1ccccc1)C(C)(C)C)c1c(Cl)nc(C)nc1Nc1ccc(C(F)(F)F)cc1C(F)(F)F. The number of anilines is 2. The molecular formula is C34H34ClF6N3OSi. The van der Waals surface area contributed by atoms with Crippen LogP contribution in [0.3, 0.4) is 0 Å². The van der Waals surface area contributed by atoms with Crippen molar-refractivity contribution in [2.24, 2.45) is 0 Å². The molecule has 1 atom stereocenters. The van der Waals surface area contributed by atoms with E-state index in [1.165, 1.54) is 6.92 Å². The summed E-state index contributed by atoms with van der Waals surface area (Å²) in [6, 6.07) is 21.2. The third kappa shape index (κ3) is 7.48. The Kier molecular flexibility index (Phi) is 10.4. The molecule has 4 aromatic rings. The quantitative estimate of drug-likeness (QED) is 0.0786. The van der Waals surface area contributed by atoms with E-state index in [-0.39, 0.29) is 46.5 Å². The fourth-order valence-corrected chi connectivity index (χ4v) is 10.6. The average Bonchev–Trinajstić information content (AvgIpc) is 2.96. The van der Waals surface area contributed by atoms with Crippen LogP contribution in [0.4, 0.5) is 37.8 Å². The number of hydrogen-bond donors (Lipinski definition) is 1. The maximum Gasteiger partial charge on any atom is 0.418 e. The molecule has 1 heterocycles. The van der Waals surface area contributed by atoms with Crippen molar-refractivity contribution in [3.8, 4) is 0 Å². The van der Waals surface area contributed by atoms with Crippen LogP contribution in [0.5, 0.6) is 0 Å². The molecule has 1 aromatic heterocycles. The summed E-state index contributed by atoms with van der Waals surface area (Å²) in [6.45, 7) is 11.8. The zero-order chi connectivity index (χ0) is 33.9. The lowest BCUT2D eigenvalue weighted by atomic mass is 9.98. The summed E-state index contributed by atoms with van der Waals surface area (Å²) >= 11 is 6.68. The van der Waals surface area contributed by atoms with Crippen molar-refractivity contribution < 1.29 is 30.8 Å². The summed E-state index contributed by atoms with van der Waals surface area (Å²) in [5.41, 5.74) is -3.27. The van der Waals surface area contributed by atoms with E-state index >= 15 is 0 Å². The van der Waals surface area contributed by atoms with E-state index in [0.29, 0.717) is 6.07 Å². The minimum Gasteiger partial charge on any atom is -0.407 e. The lowest BCUT2D eigenvalue weighted by molar-refractivity contribution is -0.142. The van der Waals surface area contributed by atoms with Gasteiger partial charge in [0.05, 0.1) is 16.8 Å². The Balaban J connectivity index is 1.84. The van der Waals surface area contributed by atoms with E-state index in [1.54, 1.807) is 6.08 Å². The van der Waals surface area contributed by atoms with Crippen LogP contribution in [-0.4, -0.2) is 24.9 Å². The van der Waals surface area contributed by atoms with Gasteiger partial charge in [0.25, 0.3) is 8.32 Å². The first kappa shape index (κ1) is 35.2. The molecule has 244 valence electrons. The van der Waals surface area contributed by atoms with Gasteiger partial charge in [-0.3, -0.25) is 0 Å². The number of aromatic nitrogens is 2. The molecule has 0 radical (unpaired) electrons. The van der Waals surface area contributed by atoms with Gasteiger partial charge in [-0.1, -0.05) is 99.1 Å². The highest BCUT2D eigenvalue weighted by Crippen LogP contribution is 2.43. The standard InChI is InChI=1S/C34H34ClF6N3OSi/c1-6-13-23(21-45-46(32(3,4)5,25-14-9-7-10-15-25)26-16-11-8-12-17-26)29-30(35)42-22(2)43-31(29)44-28-19-18-24(33(36,37)38)20-27(28)34(39,40)41/h6-12,14-20,23H,1,13,21H2,2-5H3,(H,42,43,44). The normalized spacial score (nSPS) is 13.4. The fourth-order valence-electron chi connectivity index (χ4n) is 5.65. The summed E-state index contributed by atoms with van der Waals surface area (Å²) in [4.78, 5) is 8.63. The largest absolute Gasteiger partial charge is 0.418 e. The second kappa shape index (κ2) is 13.6. The second-order valence-electron chi connectivity index (χ2n) is 11.9. The van der Waals surface area contributed by atoms with Gasteiger partial charge in [0.1, 0.15) is 16.8 Å². The van der Waals surface area contributed by atoms with Crippen LogP contribution in [0.25, 0.3) is 0 Å². The molecule has 12 heteroatoms. The Hall–Kier alpha value is -3.67. The Morgan fingerprint density at radius 1 is 0.870 bits per heavy atom. The van der Waals surface area contributed by atoms with Crippen molar-refractivity contribution in [1.82, 2.24) is 9.97 Å². The van der Waals surface area contributed by atoms with Crippen molar-refractivity contribution >= 4 is 41.8 Å². The minimum atomic E-state index is -5.09. The first-order valence-electron chi connectivity index (χ1n) is 14.4. The number of allylic oxidation sites excluding steroid dienone is 1. The Bertz CT molecular complexity index is 1620. The van der Waals surface area contributed by atoms with Crippen molar-refractivity contribution in [3.63, 3.8) is 0 Å². The van der Waals surface area contributed by atoms with E-state index in [4.69, 9.17) is 16.0 Å². The molecule has 0 aliphatic carbocycles. The fraction of sp³-hybridized carbons (Fsp3) is 0.294. The van der Waals surface area contributed by atoms with Crippen molar-refractivity contribution in [3.05, 3.63) is 119 Å². The maximum absolute atomic E-state index is 14.0. The zero-order valence-corrected chi connectivity index (χ0v) is 27.5. The van der Waals surface area contributed by atoms with Gasteiger partial charge in [0.2, 0.25) is 0 Å². The van der Waals surface area contributed by atoms with E-state index in [9.17, 15) is 26.3 Å². The molecule has 0 aliphatic rings. The van der Waals surface area contributed by atoms with Gasteiger partial charge in [0.15, 0.2) is 0 Å². The molecule has 0 saturated carbocycles. The molecule has 0 amide bonds. The van der Waals surface area contributed by atoms with E-state index in [1.807, 2.05) is 60.7 Å². The van der Waals surface area contributed by atoms with Crippen LogP contribution < -0.4 is 15.7 Å². The van der Waals surface area contributed by atoms with Gasteiger partial charge >= 0.3 is 12.4 Å². The van der Waals surface area contributed by atoms with E-state index in [2.05, 4.69) is 42.6 Å². The van der Waals surface area contributed by atoms with Crippen molar-refractivity contribution in [2.75, 3.05) is 11.9 Å². The molecule has 4 nitrogen and oxygen atoms in total. The Morgan fingerprint density at radius 3 is 1.91 bits per heavy atom. The van der Waals surface area contributed by atoms with Crippen LogP contribution in [-0.2, 0) is 16.8 Å². The molecule has 46 heavy (non-hydrogen) atoms. The van der Waals surface area contributed by atoms with Gasteiger partial charge in [-0.15, -0.1) is 6.58 Å². The summed E-state index contributed by atoms with van der Waals surface area (Å²) in [7, 11) is -3.05. The van der Waals surface area contributed by atoms with Gasteiger partial charge in [-0.2, -0.15) is 26.3 Å². The Morgan fingerprint density at radius 2 is 1.43 bits per heavy atom. The molecule has 0 aliphatic heterocycles. The smallest absolute Gasteiger partial charge is 0.407 e. The summed E-state index contributed by atoms with van der Waals surface area (Å²) in [6.07, 6.45) is -8.13. The van der Waals surface area contributed by atoms with Gasteiger partial charge in [0, 0.05) is 18.1 Å². The lowest BCUT2D eigenvalue weighted by Gasteiger charge is -2.43. The summed E-state index contributed by atoms with van der Waals surface area (Å²) in [5.74, 6) is -0.499. The van der Waals surface area contributed by atoms with E-state index in [0.717, 1.165) is 16.4 Å². The average molecular weight is 678 g/mol. The number of aryl methyl sites for hydroxylation is 1. The van der Waals surface area contributed by atoms with Crippen molar-refractivity contribution in [1.29, 1.82) is 0 Å². The zero-order valence-electron chi connectivity index (χ0n) is 25.7. The maximum atomic E-state index is 14.0. The monoisotopic (exact) mass is 677 g/mol. The molecule has 0 spiro atoms. The lowest BCUT2D eigenvalue weighted by Crippen LogP contribution is -2.66. The molecule has 0 fully saturated rings. The molecule has 4 rings (SSSR count). The molecule has 0 saturated heterocycles. The molecule has 1 unspecified atom stereocenters. The highest BCUT2D eigenvalue weighted by atomic mass is 35.5. The van der Waals surface area contributed by atoms with Crippen LogP contribution in [0, 0.1) is 6.92 Å². The molecule has 3 aromatic carbocycles. The van der Waals surface area contributed by atoms with Crippen molar-refractivity contribution in [2.45, 2.75) is 57.4 Å². The number of alkyl halides is 6.